The van der Waals surface area contributed by atoms with E-state index < -0.39 is 59.8 Å². The van der Waals surface area contributed by atoms with Gasteiger partial charge in [-0.2, -0.15) is 0 Å². The number of esters is 2. The zero-order valence-electron chi connectivity index (χ0n) is 29.0. The number of carbonyl (C=O) groups excluding carboxylic acids is 4. The molecule has 0 bridgehead atoms. The van der Waals surface area contributed by atoms with Gasteiger partial charge < -0.3 is 33.9 Å². The van der Waals surface area contributed by atoms with Gasteiger partial charge in [-0.3, -0.25) is 9.69 Å². The fourth-order valence-electron chi connectivity index (χ4n) is 5.59. The van der Waals surface area contributed by atoms with Gasteiger partial charge in [-0.1, -0.05) is 37.8 Å². The van der Waals surface area contributed by atoms with Crippen molar-refractivity contribution >= 4 is 35.6 Å². The van der Waals surface area contributed by atoms with Crippen molar-refractivity contribution in [2.45, 2.75) is 103 Å². The van der Waals surface area contributed by atoms with Gasteiger partial charge in [-0.15, -0.1) is 0 Å². The molecule has 2 aliphatic carbocycles. The number of anilines is 1. The summed E-state index contributed by atoms with van der Waals surface area (Å²) in [6, 6.07) is 5.58. The first-order valence-corrected chi connectivity index (χ1v) is 16.9. The second-order valence-electron chi connectivity index (χ2n) is 14.2. The second-order valence-corrected chi connectivity index (χ2v) is 14.2. The van der Waals surface area contributed by atoms with Crippen LogP contribution in [0.25, 0.3) is 0 Å². The van der Waals surface area contributed by atoms with E-state index in [2.05, 4.69) is 4.90 Å². The number of aliphatic carboxylic acids is 1. The predicted molar refractivity (Wildman–Crippen MR) is 175 cm³/mol. The first kappa shape index (κ1) is 37.0. The van der Waals surface area contributed by atoms with Gasteiger partial charge in [0.15, 0.2) is 12.2 Å². The number of carboxylic acid groups (broad SMARTS) is 1. The van der Waals surface area contributed by atoms with E-state index in [0.717, 1.165) is 50.0 Å². The van der Waals surface area contributed by atoms with Crippen molar-refractivity contribution in [3.05, 3.63) is 29.8 Å². The minimum Gasteiger partial charge on any atom is -0.479 e. The minimum atomic E-state index is -1.40. The molecule has 3 fully saturated rings. The van der Waals surface area contributed by atoms with Crippen LogP contribution in [0, 0.1) is 11.8 Å². The van der Waals surface area contributed by atoms with Crippen molar-refractivity contribution in [2.75, 3.05) is 45.3 Å². The van der Waals surface area contributed by atoms with Gasteiger partial charge in [0.05, 0.1) is 13.2 Å². The highest BCUT2D eigenvalue weighted by Crippen LogP contribution is 2.36. The number of nitrogens with zero attached hydrogens (tertiary/aromatic N) is 3. The molecule has 2 amide bonds. The van der Waals surface area contributed by atoms with Crippen molar-refractivity contribution in [2.24, 2.45) is 11.8 Å². The molecule has 0 aromatic heterocycles. The van der Waals surface area contributed by atoms with Crippen molar-refractivity contribution in [1.29, 1.82) is 0 Å². The Balaban J connectivity index is 1.58. The number of rotatable bonds is 15. The van der Waals surface area contributed by atoms with E-state index in [0.29, 0.717) is 26.1 Å². The standard InChI is InChI=1S/C35H51N3O10/c1-22(31(40)41)46-32(42)27(19-23-7-8-23)36(5)30(39)29(21-25-11-13-26(14-12-25)38-15-17-45-18-16-38)47-33(43)28(20-24-9-10-24)37(6)34(44)48-35(2,3)4/h11-14,22-24,27-29H,7-10,15-21H2,1-6H3,(H,40,41)/t22-,27+,28+,29-/m1/s1. The molecular formula is C35H51N3O10. The van der Waals surface area contributed by atoms with Crippen LogP contribution in [0.1, 0.15) is 71.8 Å². The van der Waals surface area contributed by atoms with E-state index in [1.54, 1.807) is 20.8 Å². The van der Waals surface area contributed by atoms with Crippen molar-refractivity contribution < 1.29 is 48.0 Å². The molecule has 13 nitrogen and oxygen atoms in total. The fourth-order valence-corrected chi connectivity index (χ4v) is 5.59. The molecule has 0 radical (unpaired) electrons. The summed E-state index contributed by atoms with van der Waals surface area (Å²) in [5.74, 6) is -3.07. The smallest absolute Gasteiger partial charge is 0.410 e. The highest BCUT2D eigenvalue weighted by molar-refractivity contribution is 5.90. The third kappa shape index (κ3) is 10.8. The van der Waals surface area contributed by atoms with Gasteiger partial charge in [0.2, 0.25) is 0 Å². The number of benzene rings is 1. The number of carbonyl (C=O) groups is 5. The summed E-state index contributed by atoms with van der Waals surface area (Å²) in [4.78, 5) is 70.4. The molecule has 266 valence electrons. The van der Waals surface area contributed by atoms with Gasteiger partial charge in [0.25, 0.3) is 5.91 Å². The first-order valence-electron chi connectivity index (χ1n) is 16.9. The highest BCUT2D eigenvalue weighted by Gasteiger charge is 2.42. The van der Waals surface area contributed by atoms with E-state index in [4.69, 9.17) is 18.9 Å². The first-order chi connectivity index (χ1) is 22.6. The molecule has 4 rings (SSSR count). The lowest BCUT2D eigenvalue weighted by Gasteiger charge is -2.33. The number of amides is 2. The predicted octanol–water partition coefficient (Wildman–Crippen LogP) is 3.66. The molecule has 1 aromatic carbocycles. The lowest BCUT2D eigenvalue weighted by atomic mass is 10.0. The van der Waals surface area contributed by atoms with Crippen LogP contribution in [-0.2, 0) is 44.5 Å². The summed E-state index contributed by atoms with van der Waals surface area (Å²) in [6.45, 7) is 9.26. The lowest BCUT2D eigenvalue weighted by molar-refractivity contribution is -0.172. The second kappa shape index (κ2) is 16.0. The van der Waals surface area contributed by atoms with E-state index in [1.165, 1.54) is 30.8 Å². The Hall–Kier alpha value is -3.87. The minimum absolute atomic E-state index is 0.0152. The maximum Gasteiger partial charge on any atom is 0.410 e. The molecule has 2 saturated carbocycles. The molecule has 0 unspecified atom stereocenters. The number of hydrogen-bond acceptors (Lipinski definition) is 10. The van der Waals surface area contributed by atoms with Gasteiger partial charge in [-0.25, -0.2) is 19.2 Å². The number of carboxylic acids is 1. The number of hydrogen-bond donors (Lipinski definition) is 1. The van der Waals surface area contributed by atoms with Gasteiger partial charge in [-0.05, 0) is 70.1 Å². The molecule has 3 aliphatic rings. The Bertz CT molecular complexity index is 1300. The molecule has 1 aromatic rings. The van der Waals surface area contributed by atoms with Crippen LogP contribution >= 0.6 is 0 Å². The van der Waals surface area contributed by atoms with Crippen molar-refractivity contribution in [3.63, 3.8) is 0 Å². The summed E-state index contributed by atoms with van der Waals surface area (Å²) in [5.41, 5.74) is 0.950. The normalized spacial score (nSPS) is 18.9. The van der Waals surface area contributed by atoms with E-state index >= 15 is 0 Å². The third-order valence-corrected chi connectivity index (χ3v) is 8.92. The monoisotopic (exact) mass is 673 g/mol. The maximum atomic E-state index is 14.2. The van der Waals surface area contributed by atoms with Crippen LogP contribution in [0.4, 0.5) is 10.5 Å². The number of likely N-dealkylation sites (N-methyl/N-ethyl adjacent to an activating group) is 2. The van der Waals surface area contributed by atoms with Gasteiger partial charge in [0.1, 0.15) is 17.7 Å². The summed E-state index contributed by atoms with van der Waals surface area (Å²) in [6.07, 6.45) is 0.882. The number of ether oxygens (including phenoxy) is 4. The van der Waals surface area contributed by atoms with Crippen LogP contribution in [0.2, 0.25) is 0 Å². The molecule has 48 heavy (non-hydrogen) atoms. The largest absolute Gasteiger partial charge is 0.479 e. The molecule has 1 N–H and O–H groups in total. The molecule has 13 heteroatoms. The maximum absolute atomic E-state index is 14.2. The molecule has 1 saturated heterocycles. The summed E-state index contributed by atoms with van der Waals surface area (Å²) in [7, 11) is 2.93. The summed E-state index contributed by atoms with van der Waals surface area (Å²) < 4.78 is 22.2. The molecule has 1 aliphatic heterocycles. The van der Waals surface area contributed by atoms with Crippen LogP contribution in [0.15, 0.2) is 24.3 Å². The number of morpholine rings is 1. The topological polar surface area (TPSA) is 152 Å². The molecule has 0 spiro atoms. The lowest BCUT2D eigenvalue weighted by Crippen LogP contribution is -2.52. The summed E-state index contributed by atoms with van der Waals surface area (Å²) >= 11 is 0. The van der Waals surface area contributed by atoms with Crippen LogP contribution < -0.4 is 4.90 Å². The van der Waals surface area contributed by atoms with E-state index in [1.807, 2.05) is 24.3 Å². The van der Waals surface area contributed by atoms with Crippen LogP contribution in [-0.4, -0.2) is 115 Å². The zero-order chi connectivity index (χ0) is 35.2. The molecule has 4 atom stereocenters. The van der Waals surface area contributed by atoms with Gasteiger partial charge in [0, 0.05) is 39.3 Å². The van der Waals surface area contributed by atoms with E-state index in [-0.39, 0.29) is 18.3 Å². The Kier molecular flexibility index (Phi) is 12.3. The Morgan fingerprint density at radius 1 is 0.875 bits per heavy atom. The molecule has 1 heterocycles. The highest BCUT2D eigenvalue weighted by atomic mass is 16.6. The van der Waals surface area contributed by atoms with Crippen LogP contribution in [0.3, 0.4) is 0 Å². The SMILES string of the molecule is C[C@@H](OC(=O)[C@H](CC1CC1)N(C)C(=O)[C@@H](Cc1ccc(N2CCOCC2)cc1)OC(=O)[C@H](CC1CC1)N(C)C(=O)OC(C)(C)C)C(=O)O. The van der Waals surface area contributed by atoms with Crippen molar-refractivity contribution in [1.82, 2.24) is 9.80 Å². The van der Waals surface area contributed by atoms with Gasteiger partial charge >= 0.3 is 24.0 Å². The van der Waals surface area contributed by atoms with Crippen LogP contribution in [0.5, 0.6) is 0 Å². The zero-order valence-corrected chi connectivity index (χ0v) is 29.0. The summed E-state index contributed by atoms with van der Waals surface area (Å²) in [5, 5.41) is 9.31. The quantitative estimate of drug-likeness (QED) is 0.215. The fraction of sp³-hybridized carbons (Fsp3) is 0.686. The average Bonchev–Trinajstić information content (AvgIpc) is 3.97. The Morgan fingerprint density at radius 3 is 1.90 bits per heavy atom. The average molecular weight is 674 g/mol. The Morgan fingerprint density at radius 2 is 1.40 bits per heavy atom. The third-order valence-electron chi connectivity index (χ3n) is 8.92. The Labute approximate surface area is 282 Å². The van der Waals surface area contributed by atoms with Crippen molar-refractivity contribution in [3.8, 4) is 0 Å². The molecular weight excluding hydrogens is 622 g/mol. The van der Waals surface area contributed by atoms with E-state index in [9.17, 15) is 29.1 Å².